The average molecular weight is 663 g/mol. The van der Waals surface area contributed by atoms with E-state index < -0.39 is 17.7 Å². The maximum absolute atomic E-state index is 15.7. The maximum Gasteiger partial charge on any atom is 0.311 e. The van der Waals surface area contributed by atoms with Gasteiger partial charge < -0.3 is 14.6 Å². The smallest absolute Gasteiger partial charge is 0.311 e. The van der Waals surface area contributed by atoms with Crippen LogP contribution in [0.25, 0.3) is 16.9 Å². The van der Waals surface area contributed by atoms with Crippen molar-refractivity contribution in [2.75, 3.05) is 39.5 Å². The molecule has 4 heterocycles. The molecule has 9 nitrogen and oxygen atoms in total. The Hall–Kier alpha value is -3.37. The van der Waals surface area contributed by atoms with E-state index in [1.807, 2.05) is 34.6 Å². The molecule has 10 heteroatoms. The summed E-state index contributed by atoms with van der Waals surface area (Å²) in [6.45, 7) is 14.9. The number of carbonyl (C=O) groups excluding carboxylic acids is 1. The minimum Gasteiger partial charge on any atom is -0.490 e. The van der Waals surface area contributed by atoms with Gasteiger partial charge in [0, 0.05) is 47.5 Å². The highest BCUT2D eigenvalue weighted by Crippen LogP contribution is 2.43. The number of morpholine rings is 1. The second-order valence-corrected chi connectivity index (χ2v) is 15.4. The third-order valence-electron chi connectivity index (χ3n) is 10.7. The molecule has 2 aromatic heterocycles. The molecule has 2 fully saturated rings. The van der Waals surface area contributed by atoms with E-state index in [0.717, 1.165) is 88.9 Å². The largest absolute Gasteiger partial charge is 0.490 e. The second kappa shape index (κ2) is 14.2. The zero-order chi connectivity index (χ0) is 34.2. The number of carboxylic acids is 1. The molecule has 48 heavy (non-hydrogen) atoms. The van der Waals surface area contributed by atoms with Crippen LogP contribution < -0.4 is 4.74 Å². The van der Waals surface area contributed by atoms with E-state index in [0.29, 0.717) is 59.2 Å². The van der Waals surface area contributed by atoms with Crippen molar-refractivity contribution in [3.8, 4) is 17.0 Å². The van der Waals surface area contributed by atoms with Gasteiger partial charge >= 0.3 is 5.97 Å². The molecule has 3 unspecified atom stereocenters. The molecule has 1 saturated heterocycles. The Labute approximate surface area is 283 Å². The Bertz CT molecular complexity index is 1670. The van der Waals surface area contributed by atoms with Crippen molar-refractivity contribution in [2.24, 2.45) is 17.3 Å². The third kappa shape index (κ3) is 7.30. The zero-order valence-electron chi connectivity index (χ0n) is 29.2. The number of ketones is 1. The molecule has 3 aromatic rings. The Morgan fingerprint density at radius 3 is 2.56 bits per heavy atom. The molecule has 0 spiro atoms. The van der Waals surface area contributed by atoms with Gasteiger partial charge in [0.25, 0.3) is 0 Å². The number of carboxylic acid groups (broad SMARTS) is 1. The summed E-state index contributed by atoms with van der Waals surface area (Å²) in [6.07, 6.45) is 7.73. The van der Waals surface area contributed by atoms with Crippen molar-refractivity contribution in [2.45, 2.75) is 98.3 Å². The summed E-state index contributed by atoms with van der Waals surface area (Å²) in [5, 5.41) is 15.5. The van der Waals surface area contributed by atoms with E-state index in [9.17, 15) is 14.7 Å². The van der Waals surface area contributed by atoms with E-state index in [2.05, 4.69) is 4.90 Å². The molecule has 1 saturated carbocycles. The monoisotopic (exact) mass is 662 g/mol. The fourth-order valence-electron chi connectivity index (χ4n) is 8.09. The minimum absolute atomic E-state index is 0.00528. The van der Waals surface area contributed by atoms with Gasteiger partial charge in [0.1, 0.15) is 5.69 Å². The predicted molar refractivity (Wildman–Crippen MR) is 182 cm³/mol. The summed E-state index contributed by atoms with van der Waals surface area (Å²) in [4.78, 5) is 34.3. The Kier molecular flexibility index (Phi) is 10.2. The van der Waals surface area contributed by atoms with Crippen LogP contribution in [0, 0.1) is 36.9 Å². The molecule has 0 bridgehead atoms. The molecular weight excluding hydrogens is 611 g/mol. The maximum atomic E-state index is 15.7. The number of rotatable bonds is 9. The van der Waals surface area contributed by atoms with Crippen LogP contribution in [0.15, 0.2) is 12.1 Å². The standard InChI is InChI=1S/C38H51FN4O5/c1-23-27-10-7-17-48-36(27)30(39)20-28(23)34-33(29(37(45)46)22-38(3,4)5)24(2)40-32-21-31(41-43(32)34)35(44)26-9-6-8-25(11-12-26)13-14-42-15-18-47-19-16-42/h20-21,25-26,29H,6-19,22H2,1-5H3,(H,45,46). The van der Waals surface area contributed by atoms with Crippen LogP contribution in [0.5, 0.6) is 5.75 Å². The molecule has 1 N–H and O–H groups in total. The number of ether oxygens (including phenoxy) is 2. The highest BCUT2D eigenvalue weighted by atomic mass is 19.1. The van der Waals surface area contributed by atoms with Crippen LogP contribution in [-0.2, 0) is 16.0 Å². The normalized spacial score (nSPS) is 21.4. The van der Waals surface area contributed by atoms with Gasteiger partial charge in [-0.05, 0) is 88.3 Å². The van der Waals surface area contributed by atoms with Crippen LogP contribution in [0.3, 0.4) is 0 Å². The van der Waals surface area contributed by atoms with Crippen LogP contribution in [0.4, 0.5) is 4.39 Å². The van der Waals surface area contributed by atoms with E-state index in [4.69, 9.17) is 19.6 Å². The average Bonchev–Trinajstić information content (AvgIpc) is 3.33. The van der Waals surface area contributed by atoms with Crippen molar-refractivity contribution >= 4 is 17.4 Å². The first-order valence-electron chi connectivity index (χ1n) is 17.8. The van der Waals surface area contributed by atoms with Crippen LogP contribution >= 0.6 is 0 Å². The van der Waals surface area contributed by atoms with Gasteiger partial charge in [0.15, 0.2) is 23.0 Å². The lowest BCUT2D eigenvalue weighted by molar-refractivity contribution is -0.139. The predicted octanol–water partition coefficient (Wildman–Crippen LogP) is 7.18. The minimum atomic E-state index is -0.972. The first-order valence-corrected chi connectivity index (χ1v) is 17.8. The van der Waals surface area contributed by atoms with Crippen molar-refractivity contribution in [3.63, 3.8) is 0 Å². The van der Waals surface area contributed by atoms with Crippen LogP contribution in [0.1, 0.15) is 111 Å². The molecule has 0 radical (unpaired) electrons. The van der Waals surface area contributed by atoms with E-state index in [1.165, 1.54) is 6.07 Å². The number of fused-ring (bicyclic) bond motifs is 2. The first kappa shape index (κ1) is 34.5. The molecular formula is C38H51FN4O5. The van der Waals surface area contributed by atoms with Gasteiger partial charge in [-0.2, -0.15) is 5.10 Å². The van der Waals surface area contributed by atoms with E-state index >= 15 is 4.39 Å². The van der Waals surface area contributed by atoms with Gasteiger partial charge in [0.05, 0.1) is 31.4 Å². The van der Waals surface area contributed by atoms with Crippen LogP contribution in [-0.4, -0.2) is 75.8 Å². The number of halogens is 1. The fourth-order valence-corrected chi connectivity index (χ4v) is 8.09. The number of aliphatic carboxylic acids is 1. The van der Waals surface area contributed by atoms with E-state index in [-0.39, 0.29) is 22.9 Å². The first-order chi connectivity index (χ1) is 22.9. The summed E-state index contributed by atoms with van der Waals surface area (Å²) in [5.74, 6) is -1.61. The zero-order valence-corrected chi connectivity index (χ0v) is 29.2. The molecule has 260 valence electrons. The Balaban J connectivity index is 1.38. The number of aryl methyl sites for hydroxylation is 1. The summed E-state index contributed by atoms with van der Waals surface area (Å²) in [5.41, 5.74) is 4.19. The Morgan fingerprint density at radius 1 is 1.06 bits per heavy atom. The number of hydrogen-bond donors (Lipinski definition) is 1. The number of hydrogen-bond acceptors (Lipinski definition) is 7. The fraction of sp³-hybridized carbons (Fsp3) is 0.632. The van der Waals surface area contributed by atoms with Gasteiger partial charge in [-0.25, -0.2) is 13.9 Å². The number of benzene rings is 1. The van der Waals surface area contributed by atoms with Gasteiger partial charge in [-0.1, -0.05) is 33.6 Å². The van der Waals surface area contributed by atoms with Crippen molar-refractivity contribution in [1.29, 1.82) is 0 Å². The number of Topliss-reactive ketones (excluding diaryl/α,β-unsaturated/α-hetero) is 1. The molecule has 3 aliphatic rings. The highest BCUT2D eigenvalue weighted by Gasteiger charge is 2.35. The molecule has 1 aromatic carbocycles. The van der Waals surface area contributed by atoms with Gasteiger partial charge in [0.2, 0.25) is 0 Å². The number of aromatic nitrogens is 3. The summed E-state index contributed by atoms with van der Waals surface area (Å²) >= 11 is 0. The van der Waals surface area contributed by atoms with Gasteiger partial charge in [-0.15, -0.1) is 0 Å². The molecule has 3 atom stereocenters. The van der Waals surface area contributed by atoms with Crippen molar-refractivity contribution < 1.29 is 28.6 Å². The second-order valence-electron chi connectivity index (χ2n) is 15.4. The van der Waals surface area contributed by atoms with Crippen LogP contribution in [0.2, 0.25) is 0 Å². The van der Waals surface area contributed by atoms with Crippen molar-refractivity contribution in [1.82, 2.24) is 19.5 Å². The summed E-state index contributed by atoms with van der Waals surface area (Å²) in [7, 11) is 0. The molecule has 2 aliphatic heterocycles. The SMILES string of the molecule is Cc1nc2cc(C(=O)C3CCCC(CCN4CCOCC4)CC3)nn2c(-c2cc(F)c3c(c2C)CCCO3)c1C(CC(C)(C)C)C(=O)O. The lowest BCUT2D eigenvalue weighted by Crippen LogP contribution is -2.37. The summed E-state index contributed by atoms with van der Waals surface area (Å²) < 4.78 is 28.5. The molecule has 6 rings (SSSR count). The van der Waals surface area contributed by atoms with Crippen molar-refractivity contribution in [3.05, 3.63) is 46.0 Å². The van der Waals surface area contributed by atoms with Gasteiger partial charge in [-0.3, -0.25) is 14.5 Å². The Morgan fingerprint density at radius 2 is 1.83 bits per heavy atom. The topological polar surface area (TPSA) is 106 Å². The lowest BCUT2D eigenvalue weighted by Gasteiger charge is -2.28. The highest BCUT2D eigenvalue weighted by molar-refractivity contribution is 5.97. The van der Waals surface area contributed by atoms with E-state index in [1.54, 1.807) is 10.6 Å². The summed E-state index contributed by atoms with van der Waals surface area (Å²) in [6, 6.07) is 3.18. The lowest BCUT2D eigenvalue weighted by atomic mass is 9.79. The molecule has 1 aliphatic carbocycles. The quantitative estimate of drug-likeness (QED) is 0.190. The third-order valence-corrected chi connectivity index (χ3v) is 10.7. The molecule has 0 amide bonds. The number of carbonyl (C=O) groups is 2. The number of nitrogens with zero attached hydrogens (tertiary/aromatic N) is 4.